The minimum atomic E-state index is 0.428. The summed E-state index contributed by atoms with van der Waals surface area (Å²) in [5, 5.41) is 7.86. The lowest BCUT2D eigenvalue weighted by Gasteiger charge is -2.36. The second kappa shape index (κ2) is 6.55. The van der Waals surface area contributed by atoms with Crippen molar-refractivity contribution in [2.45, 2.75) is 17.4 Å². The average molecular weight is 345 g/mol. The molecule has 1 aliphatic rings. The molecule has 1 aliphatic heterocycles. The van der Waals surface area contributed by atoms with Crippen LogP contribution >= 0.6 is 23.1 Å². The summed E-state index contributed by atoms with van der Waals surface area (Å²) in [6, 6.07) is 9.11. The summed E-state index contributed by atoms with van der Waals surface area (Å²) in [4.78, 5) is 12.0. The van der Waals surface area contributed by atoms with Crippen LogP contribution in [-0.2, 0) is 6.42 Å². The SMILES string of the molecule is CSc1ccccc1N1CCNC(Cc2nc3cscc3[nH]2)C1. The third-order valence-corrected chi connectivity index (χ3v) is 5.81. The molecule has 4 rings (SSSR count). The quantitative estimate of drug-likeness (QED) is 0.712. The molecule has 0 saturated carbocycles. The number of nitrogens with one attached hydrogen (secondary N) is 2. The van der Waals surface area contributed by atoms with E-state index in [1.165, 1.54) is 10.6 Å². The van der Waals surface area contributed by atoms with Crippen molar-refractivity contribution in [2.24, 2.45) is 0 Å². The van der Waals surface area contributed by atoms with E-state index >= 15 is 0 Å². The summed E-state index contributed by atoms with van der Waals surface area (Å²) in [6.45, 7) is 3.09. The van der Waals surface area contributed by atoms with Crippen molar-refractivity contribution in [1.82, 2.24) is 15.3 Å². The smallest absolute Gasteiger partial charge is 0.108 e. The summed E-state index contributed by atoms with van der Waals surface area (Å²) in [6.07, 6.45) is 3.09. The number of benzene rings is 1. The molecule has 0 bridgehead atoms. The average Bonchev–Trinajstić information content (AvgIpc) is 3.16. The van der Waals surface area contributed by atoms with Gasteiger partial charge in [-0.3, -0.25) is 0 Å². The topological polar surface area (TPSA) is 44.0 Å². The number of thiophene rings is 1. The number of piperazine rings is 1. The molecule has 6 heteroatoms. The van der Waals surface area contributed by atoms with E-state index in [1.807, 2.05) is 11.8 Å². The molecule has 1 fully saturated rings. The van der Waals surface area contributed by atoms with Gasteiger partial charge in [-0.1, -0.05) is 12.1 Å². The summed E-state index contributed by atoms with van der Waals surface area (Å²) >= 11 is 3.52. The van der Waals surface area contributed by atoms with Gasteiger partial charge < -0.3 is 15.2 Å². The fourth-order valence-corrected chi connectivity index (χ4v) is 4.51. The number of hydrogen-bond acceptors (Lipinski definition) is 5. The Labute approximate surface area is 144 Å². The second-order valence-corrected chi connectivity index (χ2v) is 7.42. The van der Waals surface area contributed by atoms with E-state index in [-0.39, 0.29) is 0 Å². The van der Waals surface area contributed by atoms with Gasteiger partial charge >= 0.3 is 0 Å². The third kappa shape index (κ3) is 3.11. The Bertz CT molecular complexity index is 766. The Balaban J connectivity index is 1.49. The standard InChI is InChI=1S/C17H20N4S2/c1-22-16-5-3-2-4-15(16)21-7-6-18-12(9-21)8-17-19-13-10-23-11-14(13)20-17/h2-5,10-12,18H,6-9H2,1H3,(H,19,20). The van der Waals surface area contributed by atoms with Gasteiger partial charge in [0.15, 0.2) is 0 Å². The lowest BCUT2D eigenvalue weighted by molar-refractivity contribution is 0.448. The maximum atomic E-state index is 4.69. The van der Waals surface area contributed by atoms with Crippen LogP contribution in [0.25, 0.3) is 11.0 Å². The van der Waals surface area contributed by atoms with Gasteiger partial charge in [0.25, 0.3) is 0 Å². The molecule has 1 unspecified atom stereocenters. The number of H-pyrrole nitrogens is 1. The number of rotatable bonds is 4. The van der Waals surface area contributed by atoms with E-state index in [0.717, 1.165) is 42.9 Å². The van der Waals surface area contributed by atoms with Crippen molar-refractivity contribution in [3.8, 4) is 0 Å². The van der Waals surface area contributed by atoms with Gasteiger partial charge in [0.05, 0.1) is 16.7 Å². The molecule has 1 saturated heterocycles. The molecular formula is C17H20N4S2. The molecular weight excluding hydrogens is 324 g/mol. The van der Waals surface area contributed by atoms with Gasteiger partial charge in [-0.2, -0.15) is 0 Å². The first-order valence-electron chi connectivity index (χ1n) is 7.85. The molecule has 2 N–H and O–H groups in total. The second-order valence-electron chi connectivity index (χ2n) is 5.83. The zero-order valence-corrected chi connectivity index (χ0v) is 14.7. The highest BCUT2D eigenvalue weighted by Crippen LogP contribution is 2.29. The molecule has 0 amide bonds. The Kier molecular flexibility index (Phi) is 4.29. The number of thioether (sulfide) groups is 1. The Morgan fingerprint density at radius 1 is 1.35 bits per heavy atom. The maximum absolute atomic E-state index is 4.69. The van der Waals surface area contributed by atoms with Crippen LogP contribution in [0.3, 0.4) is 0 Å². The number of anilines is 1. The lowest BCUT2D eigenvalue weighted by atomic mass is 10.1. The Morgan fingerprint density at radius 2 is 2.26 bits per heavy atom. The molecule has 0 aliphatic carbocycles. The Morgan fingerprint density at radius 3 is 3.13 bits per heavy atom. The Hall–Kier alpha value is -1.50. The predicted octanol–water partition coefficient (Wildman–Crippen LogP) is 3.37. The minimum absolute atomic E-state index is 0.428. The summed E-state index contributed by atoms with van der Waals surface area (Å²) in [5.74, 6) is 1.08. The molecule has 3 aromatic rings. The summed E-state index contributed by atoms with van der Waals surface area (Å²) in [5.41, 5.74) is 3.60. The van der Waals surface area contributed by atoms with Gasteiger partial charge in [0, 0.05) is 47.8 Å². The van der Waals surface area contributed by atoms with Crippen LogP contribution in [0.1, 0.15) is 5.82 Å². The van der Waals surface area contributed by atoms with E-state index in [4.69, 9.17) is 4.98 Å². The molecule has 0 spiro atoms. The number of aromatic amines is 1. The maximum Gasteiger partial charge on any atom is 0.108 e. The van der Waals surface area contributed by atoms with E-state index < -0.39 is 0 Å². The van der Waals surface area contributed by atoms with Crippen molar-refractivity contribution in [2.75, 3.05) is 30.8 Å². The highest BCUT2D eigenvalue weighted by atomic mass is 32.2. The molecule has 0 radical (unpaired) electrons. The van der Waals surface area contributed by atoms with Crippen LogP contribution in [0.15, 0.2) is 39.9 Å². The number of nitrogens with zero attached hydrogens (tertiary/aromatic N) is 2. The highest BCUT2D eigenvalue weighted by molar-refractivity contribution is 7.98. The molecule has 23 heavy (non-hydrogen) atoms. The molecule has 3 heterocycles. The fourth-order valence-electron chi connectivity index (χ4n) is 3.20. The zero-order valence-electron chi connectivity index (χ0n) is 13.1. The van der Waals surface area contributed by atoms with Crippen LogP contribution < -0.4 is 10.2 Å². The number of fused-ring (bicyclic) bond motifs is 1. The van der Waals surface area contributed by atoms with Crippen LogP contribution in [0, 0.1) is 0 Å². The van der Waals surface area contributed by atoms with Crippen molar-refractivity contribution in [3.63, 3.8) is 0 Å². The fraction of sp³-hybridized carbons (Fsp3) is 0.353. The van der Waals surface area contributed by atoms with Crippen molar-refractivity contribution < 1.29 is 0 Å². The molecule has 2 aromatic heterocycles. The van der Waals surface area contributed by atoms with E-state index in [9.17, 15) is 0 Å². The van der Waals surface area contributed by atoms with E-state index in [0.29, 0.717) is 6.04 Å². The van der Waals surface area contributed by atoms with E-state index in [1.54, 1.807) is 11.3 Å². The van der Waals surface area contributed by atoms with Gasteiger partial charge in [-0.15, -0.1) is 23.1 Å². The van der Waals surface area contributed by atoms with Gasteiger partial charge in [-0.05, 0) is 18.4 Å². The van der Waals surface area contributed by atoms with E-state index in [2.05, 4.69) is 56.5 Å². The minimum Gasteiger partial charge on any atom is -0.368 e. The largest absolute Gasteiger partial charge is 0.368 e. The normalized spacial score (nSPS) is 18.7. The number of hydrogen-bond donors (Lipinski definition) is 2. The first-order chi connectivity index (χ1) is 11.3. The van der Waals surface area contributed by atoms with Crippen molar-refractivity contribution in [3.05, 3.63) is 40.8 Å². The predicted molar refractivity (Wildman–Crippen MR) is 99.9 cm³/mol. The third-order valence-electron chi connectivity index (χ3n) is 4.30. The number of imidazole rings is 1. The van der Waals surface area contributed by atoms with Crippen LogP contribution in [0.4, 0.5) is 5.69 Å². The van der Waals surface area contributed by atoms with Gasteiger partial charge in [0.2, 0.25) is 0 Å². The summed E-state index contributed by atoms with van der Waals surface area (Å²) < 4.78 is 0. The zero-order chi connectivity index (χ0) is 15.6. The van der Waals surface area contributed by atoms with Gasteiger partial charge in [-0.25, -0.2) is 4.98 Å². The highest BCUT2D eigenvalue weighted by Gasteiger charge is 2.22. The number of aromatic nitrogens is 2. The van der Waals surface area contributed by atoms with Crippen LogP contribution in [0.2, 0.25) is 0 Å². The van der Waals surface area contributed by atoms with Gasteiger partial charge in [0.1, 0.15) is 5.82 Å². The number of para-hydroxylation sites is 1. The van der Waals surface area contributed by atoms with Crippen molar-refractivity contribution in [1.29, 1.82) is 0 Å². The molecule has 120 valence electrons. The lowest BCUT2D eigenvalue weighted by Crippen LogP contribution is -2.51. The monoisotopic (exact) mass is 344 g/mol. The summed E-state index contributed by atoms with van der Waals surface area (Å²) in [7, 11) is 0. The first-order valence-corrected chi connectivity index (χ1v) is 10.0. The van der Waals surface area contributed by atoms with Crippen LogP contribution in [-0.4, -0.2) is 41.9 Å². The van der Waals surface area contributed by atoms with Crippen LogP contribution in [0.5, 0.6) is 0 Å². The first kappa shape index (κ1) is 15.1. The molecule has 1 atom stereocenters. The molecule has 1 aromatic carbocycles. The van der Waals surface area contributed by atoms with Crippen molar-refractivity contribution >= 4 is 39.8 Å². The molecule has 4 nitrogen and oxygen atoms in total.